The molecule has 1 heterocycles. The Morgan fingerprint density at radius 1 is 1.21 bits per heavy atom. The van der Waals surface area contributed by atoms with Gasteiger partial charge in [-0.1, -0.05) is 42.3 Å². The van der Waals surface area contributed by atoms with Crippen LogP contribution in [0.1, 0.15) is 12.5 Å². The lowest BCUT2D eigenvalue weighted by molar-refractivity contribution is 1.14. The van der Waals surface area contributed by atoms with Gasteiger partial charge in [0.25, 0.3) is 0 Å². The van der Waals surface area contributed by atoms with E-state index in [2.05, 4.69) is 18.0 Å². The van der Waals surface area contributed by atoms with Crippen molar-refractivity contribution in [2.75, 3.05) is 0 Å². The molecule has 2 rings (SSSR count). The molecule has 0 aliphatic rings. The summed E-state index contributed by atoms with van der Waals surface area (Å²) in [5.74, 6) is 0. The van der Waals surface area contributed by atoms with Gasteiger partial charge < -0.3 is 0 Å². The summed E-state index contributed by atoms with van der Waals surface area (Å²) in [5, 5.41) is 3.05. The van der Waals surface area contributed by atoms with Gasteiger partial charge in [-0.25, -0.2) is 4.98 Å². The first kappa shape index (κ1) is 9.75. The molecule has 0 atom stereocenters. The lowest BCUT2D eigenvalue weighted by Gasteiger charge is -2.04. The Kier molecular flexibility index (Phi) is 2.62. The SMILES string of the molecule is CCc1ccc2c(Cl)cnc(Cl)c2c1. The first-order valence-corrected chi connectivity index (χ1v) is 5.20. The Morgan fingerprint density at radius 3 is 2.71 bits per heavy atom. The minimum absolute atomic E-state index is 0.514. The number of hydrogen-bond acceptors (Lipinski definition) is 1. The summed E-state index contributed by atoms with van der Waals surface area (Å²) in [6, 6.07) is 6.09. The van der Waals surface area contributed by atoms with Crippen molar-refractivity contribution < 1.29 is 0 Å². The lowest BCUT2D eigenvalue weighted by Crippen LogP contribution is -1.84. The third kappa shape index (κ3) is 1.58. The van der Waals surface area contributed by atoms with E-state index in [-0.39, 0.29) is 0 Å². The molecule has 0 saturated carbocycles. The number of nitrogens with zero attached hydrogens (tertiary/aromatic N) is 1. The zero-order valence-corrected chi connectivity index (χ0v) is 9.23. The van der Waals surface area contributed by atoms with Gasteiger partial charge in [0, 0.05) is 17.0 Å². The minimum Gasteiger partial charge on any atom is -0.242 e. The number of hydrogen-bond donors (Lipinski definition) is 0. The van der Waals surface area contributed by atoms with E-state index in [0.717, 1.165) is 17.2 Å². The summed E-state index contributed by atoms with van der Waals surface area (Å²) >= 11 is 12.0. The molecule has 72 valence electrons. The van der Waals surface area contributed by atoms with Gasteiger partial charge in [0.1, 0.15) is 5.15 Å². The monoisotopic (exact) mass is 225 g/mol. The number of halogens is 2. The van der Waals surface area contributed by atoms with Gasteiger partial charge in [0.15, 0.2) is 0 Å². The molecule has 1 nitrogen and oxygen atoms in total. The van der Waals surface area contributed by atoms with E-state index in [9.17, 15) is 0 Å². The molecule has 0 bridgehead atoms. The van der Waals surface area contributed by atoms with E-state index in [1.165, 1.54) is 5.56 Å². The van der Waals surface area contributed by atoms with Crippen LogP contribution in [0.4, 0.5) is 0 Å². The van der Waals surface area contributed by atoms with Crippen LogP contribution in [-0.4, -0.2) is 4.98 Å². The van der Waals surface area contributed by atoms with Crippen LogP contribution in [0.5, 0.6) is 0 Å². The number of aryl methyl sites for hydroxylation is 1. The summed E-state index contributed by atoms with van der Waals surface area (Å²) in [7, 11) is 0. The van der Waals surface area contributed by atoms with Gasteiger partial charge in [-0.15, -0.1) is 0 Å². The van der Waals surface area contributed by atoms with E-state index >= 15 is 0 Å². The maximum atomic E-state index is 6.00. The van der Waals surface area contributed by atoms with Crippen molar-refractivity contribution in [3.8, 4) is 0 Å². The van der Waals surface area contributed by atoms with E-state index in [0.29, 0.717) is 10.2 Å². The average Bonchev–Trinajstić information content (AvgIpc) is 2.23. The van der Waals surface area contributed by atoms with Gasteiger partial charge in [-0.2, -0.15) is 0 Å². The molecule has 0 unspecified atom stereocenters. The Bertz CT molecular complexity index is 480. The second-order valence-electron chi connectivity index (χ2n) is 3.13. The fourth-order valence-corrected chi connectivity index (χ4v) is 1.86. The highest BCUT2D eigenvalue weighted by atomic mass is 35.5. The molecular formula is C11H9Cl2N. The molecule has 0 fully saturated rings. The van der Waals surface area contributed by atoms with Crippen LogP contribution < -0.4 is 0 Å². The molecule has 0 N–H and O–H groups in total. The minimum atomic E-state index is 0.514. The molecule has 0 aliphatic carbocycles. The van der Waals surface area contributed by atoms with Gasteiger partial charge in [0.05, 0.1) is 5.02 Å². The molecule has 0 radical (unpaired) electrons. The second kappa shape index (κ2) is 3.76. The van der Waals surface area contributed by atoms with Crippen LogP contribution in [0.3, 0.4) is 0 Å². The van der Waals surface area contributed by atoms with Crippen LogP contribution in [0.15, 0.2) is 24.4 Å². The Balaban J connectivity index is 2.80. The van der Waals surface area contributed by atoms with Crippen molar-refractivity contribution >= 4 is 34.0 Å². The normalized spacial score (nSPS) is 10.8. The topological polar surface area (TPSA) is 12.9 Å². The molecule has 0 spiro atoms. The third-order valence-electron chi connectivity index (χ3n) is 2.26. The first-order valence-electron chi connectivity index (χ1n) is 4.45. The highest BCUT2D eigenvalue weighted by Crippen LogP contribution is 2.28. The van der Waals surface area contributed by atoms with E-state index < -0.39 is 0 Å². The number of aromatic nitrogens is 1. The van der Waals surface area contributed by atoms with Crippen LogP contribution in [0.25, 0.3) is 10.8 Å². The van der Waals surface area contributed by atoms with Crippen molar-refractivity contribution in [2.45, 2.75) is 13.3 Å². The maximum absolute atomic E-state index is 6.00. The fraction of sp³-hybridized carbons (Fsp3) is 0.182. The second-order valence-corrected chi connectivity index (χ2v) is 3.90. The summed E-state index contributed by atoms with van der Waals surface area (Å²) in [5.41, 5.74) is 1.24. The Labute approximate surface area is 92.7 Å². The first-order chi connectivity index (χ1) is 6.72. The molecular weight excluding hydrogens is 217 g/mol. The summed E-state index contributed by atoms with van der Waals surface area (Å²) in [4.78, 5) is 4.02. The van der Waals surface area contributed by atoms with Crippen LogP contribution in [-0.2, 0) is 6.42 Å². The van der Waals surface area contributed by atoms with Crippen LogP contribution in [0.2, 0.25) is 10.2 Å². The van der Waals surface area contributed by atoms with E-state index in [1.807, 2.05) is 12.1 Å². The zero-order chi connectivity index (χ0) is 10.1. The predicted octanol–water partition coefficient (Wildman–Crippen LogP) is 4.10. The third-order valence-corrected chi connectivity index (χ3v) is 2.87. The molecule has 0 amide bonds. The van der Waals surface area contributed by atoms with E-state index in [4.69, 9.17) is 23.2 Å². The largest absolute Gasteiger partial charge is 0.242 e. The standard InChI is InChI=1S/C11H9Cl2N/c1-2-7-3-4-8-9(5-7)11(13)14-6-10(8)12/h3-6H,2H2,1H3. The lowest BCUT2D eigenvalue weighted by atomic mass is 10.1. The number of benzene rings is 1. The van der Waals surface area contributed by atoms with E-state index in [1.54, 1.807) is 6.20 Å². The molecule has 3 heteroatoms. The highest BCUT2D eigenvalue weighted by Gasteiger charge is 2.04. The number of rotatable bonds is 1. The number of pyridine rings is 1. The Hall–Kier alpha value is -0.790. The molecule has 2 aromatic rings. The average molecular weight is 226 g/mol. The smallest absolute Gasteiger partial charge is 0.136 e. The molecule has 0 aliphatic heterocycles. The summed E-state index contributed by atoms with van der Waals surface area (Å²) in [6.45, 7) is 2.10. The maximum Gasteiger partial charge on any atom is 0.136 e. The quantitative estimate of drug-likeness (QED) is 0.667. The van der Waals surface area contributed by atoms with Crippen LogP contribution in [0, 0.1) is 0 Å². The van der Waals surface area contributed by atoms with Gasteiger partial charge >= 0.3 is 0 Å². The predicted molar refractivity (Wildman–Crippen MR) is 61.1 cm³/mol. The van der Waals surface area contributed by atoms with Gasteiger partial charge in [-0.05, 0) is 18.1 Å². The molecule has 1 aromatic carbocycles. The molecule has 1 aromatic heterocycles. The highest BCUT2D eigenvalue weighted by molar-refractivity contribution is 6.39. The Morgan fingerprint density at radius 2 is 2.00 bits per heavy atom. The van der Waals surface area contributed by atoms with Crippen molar-refractivity contribution in [3.05, 3.63) is 40.1 Å². The molecule has 14 heavy (non-hydrogen) atoms. The summed E-state index contributed by atoms with van der Waals surface area (Å²) in [6.07, 6.45) is 2.57. The van der Waals surface area contributed by atoms with Crippen molar-refractivity contribution in [2.24, 2.45) is 0 Å². The van der Waals surface area contributed by atoms with Gasteiger partial charge in [0.2, 0.25) is 0 Å². The zero-order valence-electron chi connectivity index (χ0n) is 7.72. The van der Waals surface area contributed by atoms with Gasteiger partial charge in [-0.3, -0.25) is 0 Å². The van der Waals surface area contributed by atoms with Crippen molar-refractivity contribution in [1.82, 2.24) is 4.98 Å². The summed E-state index contributed by atoms with van der Waals surface area (Å²) < 4.78 is 0. The molecule has 0 saturated heterocycles. The number of fused-ring (bicyclic) bond motifs is 1. The fourth-order valence-electron chi connectivity index (χ4n) is 1.44. The van der Waals surface area contributed by atoms with Crippen LogP contribution >= 0.6 is 23.2 Å². The van der Waals surface area contributed by atoms with Crippen molar-refractivity contribution in [3.63, 3.8) is 0 Å². The van der Waals surface area contributed by atoms with Crippen molar-refractivity contribution in [1.29, 1.82) is 0 Å².